The molecule has 0 fully saturated rings. The molecular formula is C30H35FN2O2S. The summed E-state index contributed by atoms with van der Waals surface area (Å²) in [5.41, 5.74) is 4.11. The van der Waals surface area contributed by atoms with Crippen LogP contribution in [0.25, 0.3) is 0 Å². The lowest BCUT2D eigenvalue weighted by Crippen LogP contribution is -2.52. The summed E-state index contributed by atoms with van der Waals surface area (Å²) >= 11 is 1.53. The highest BCUT2D eigenvalue weighted by Crippen LogP contribution is 2.19. The number of carbonyl (C=O) groups excluding carboxylic acids is 2. The van der Waals surface area contributed by atoms with Crippen molar-refractivity contribution in [3.63, 3.8) is 0 Å². The minimum absolute atomic E-state index is 0.00513. The van der Waals surface area contributed by atoms with Crippen LogP contribution < -0.4 is 5.32 Å². The molecule has 2 amide bonds. The van der Waals surface area contributed by atoms with E-state index in [-0.39, 0.29) is 36.0 Å². The predicted molar refractivity (Wildman–Crippen MR) is 146 cm³/mol. The molecule has 36 heavy (non-hydrogen) atoms. The van der Waals surface area contributed by atoms with E-state index in [0.717, 1.165) is 23.1 Å². The summed E-state index contributed by atoms with van der Waals surface area (Å²) < 4.78 is 13.5. The van der Waals surface area contributed by atoms with Gasteiger partial charge in [0, 0.05) is 24.8 Å². The molecule has 1 N–H and O–H groups in total. The van der Waals surface area contributed by atoms with Crippen molar-refractivity contribution in [2.45, 2.75) is 58.0 Å². The van der Waals surface area contributed by atoms with E-state index in [2.05, 4.69) is 29.6 Å². The molecule has 3 aromatic rings. The van der Waals surface area contributed by atoms with E-state index in [9.17, 15) is 14.0 Å². The average molecular weight is 507 g/mol. The van der Waals surface area contributed by atoms with E-state index < -0.39 is 6.04 Å². The highest BCUT2D eigenvalue weighted by atomic mass is 32.2. The lowest BCUT2D eigenvalue weighted by Gasteiger charge is -2.32. The Balaban J connectivity index is 1.84. The Morgan fingerprint density at radius 2 is 1.56 bits per heavy atom. The molecule has 190 valence electrons. The maximum Gasteiger partial charge on any atom is 0.243 e. The third-order valence-corrected chi connectivity index (χ3v) is 7.14. The number of nitrogens with one attached hydrogen (secondary N) is 1. The van der Waals surface area contributed by atoms with Crippen LogP contribution in [-0.4, -0.2) is 34.6 Å². The normalized spacial score (nSPS) is 12.6. The third-order valence-electron chi connectivity index (χ3n) is 6.15. The molecule has 0 radical (unpaired) electrons. The van der Waals surface area contributed by atoms with Gasteiger partial charge < -0.3 is 10.2 Å². The molecule has 0 bridgehead atoms. The Labute approximate surface area is 218 Å². The molecule has 0 spiro atoms. The minimum atomic E-state index is -0.682. The average Bonchev–Trinajstić information content (AvgIpc) is 2.88. The van der Waals surface area contributed by atoms with E-state index in [1.54, 1.807) is 17.0 Å². The maximum absolute atomic E-state index is 13.6. The van der Waals surface area contributed by atoms with Gasteiger partial charge in [-0.3, -0.25) is 9.59 Å². The SMILES string of the molecule is CC[C@@H](C)NC(=O)[C@@H](Cc1ccccc1)N(Cc1ccc(F)cc1)C(=O)CSCc1ccc(C)cc1. The maximum atomic E-state index is 13.6. The third kappa shape index (κ3) is 8.52. The monoisotopic (exact) mass is 506 g/mol. The Morgan fingerprint density at radius 3 is 2.19 bits per heavy atom. The van der Waals surface area contributed by atoms with Gasteiger partial charge in [-0.05, 0) is 49.1 Å². The quantitative estimate of drug-likeness (QED) is 0.332. The van der Waals surface area contributed by atoms with Crippen molar-refractivity contribution < 1.29 is 14.0 Å². The van der Waals surface area contributed by atoms with Crippen molar-refractivity contribution >= 4 is 23.6 Å². The highest BCUT2D eigenvalue weighted by Gasteiger charge is 2.30. The molecule has 0 aromatic heterocycles. The number of rotatable bonds is 12. The minimum Gasteiger partial charge on any atom is -0.352 e. The van der Waals surface area contributed by atoms with Crippen LogP contribution in [0.5, 0.6) is 0 Å². The Hall–Kier alpha value is -3.12. The zero-order chi connectivity index (χ0) is 25.9. The molecule has 3 rings (SSSR count). The van der Waals surface area contributed by atoms with E-state index in [1.165, 1.54) is 29.5 Å². The standard InChI is InChI=1S/C30H35FN2O2S/c1-4-23(3)32-30(35)28(18-24-8-6-5-7-9-24)33(19-25-14-16-27(31)17-15-25)29(34)21-36-20-26-12-10-22(2)11-13-26/h5-17,23,28H,4,18-21H2,1-3H3,(H,32,35)/t23-,28-/m1/s1. The van der Waals surface area contributed by atoms with Crippen molar-refractivity contribution in [1.29, 1.82) is 0 Å². The van der Waals surface area contributed by atoms with Gasteiger partial charge in [-0.2, -0.15) is 0 Å². The van der Waals surface area contributed by atoms with Crippen LogP contribution in [-0.2, 0) is 28.3 Å². The predicted octanol–water partition coefficient (Wildman–Crippen LogP) is 5.92. The molecule has 0 heterocycles. The molecule has 2 atom stereocenters. The van der Waals surface area contributed by atoms with Crippen LogP contribution in [0.2, 0.25) is 0 Å². The number of carbonyl (C=O) groups is 2. The van der Waals surface area contributed by atoms with Gasteiger partial charge in [-0.15, -0.1) is 11.8 Å². The molecule has 0 aliphatic heterocycles. The van der Waals surface area contributed by atoms with Gasteiger partial charge in [0.15, 0.2) is 0 Å². The Kier molecular flexibility index (Phi) is 10.6. The Morgan fingerprint density at radius 1 is 0.917 bits per heavy atom. The van der Waals surface area contributed by atoms with Crippen LogP contribution >= 0.6 is 11.8 Å². The number of amides is 2. The molecule has 3 aromatic carbocycles. The van der Waals surface area contributed by atoms with Crippen LogP contribution in [0.3, 0.4) is 0 Å². The molecule has 0 aliphatic rings. The summed E-state index contributed by atoms with van der Waals surface area (Å²) in [4.78, 5) is 28.7. The first kappa shape index (κ1) is 27.5. The Bertz CT molecular complexity index is 1100. The zero-order valence-electron chi connectivity index (χ0n) is 21.2. The van der Waals surface area contributed by atoms with Gasteiger partial charge in [-0.1, -0.05) is 79.2 Å². The van der Waals surface area contributed by atoms with Gasteiger partial charge in [0.2, 0.25) is 11.8 Å². The van der Waals surface area contributed by atoms with Crippen LogP contribution in [0, 0.1) is 12.7 Å². The van der Waals surface area contributed by atoms with Gasteiger partial charge >= 0.3 is 0 Å². The van der Waals surface area contributed by atoms with Crippen LogP contribution in [0.1, 0.15) is 42.5 Å². The van der Waals surface area contributed by atoms with Crippen LogP contribution in [0.4, 0.5) is 4.39 Å². The van der Waals surface area contributed by atoms with Gasteiger partial charge in [0.05, 0.1) is 5.75 Å². The smallest absolute Gasteiger partial charge is 0.243 e. The number of benzene rings is 3. The second-order valence-corrected chi connectivity index (χ2v) is 10.1. The van der Waals surface area contributed by atoms with E-state index >= 15 is 0 Å². The molecule has 0 saturated carbocycles. The second-order valence-electron chi connectivity index (χ2n) is 9.15. The van der Waals surface area contributed by atoms with Crippen molar-refractivity contribution in [2.75, 3.05) is 5.75 Å². The zero-order valence-corrected chi connectivity index (χ0v) is 22.1. The summed E-state index contributed by atoms with van der Waals surface area (Å²) in [6.45, 7) is 6.25. The van der Waals surface area contributed by atoms with E-state index in [1.807, 2.05) is 51.1 Å². The van der Waals surface area contributed by atoms with Gasteiger partial charge in [0.25, 0.3) is 0 Å². The van der Waals surface area contributed by atoms with Crippen molar-refractivity contribution in [1.82, 2.24) is 10.2 Å². The molecule has 4 nitrogen and oxygen atoms in total. The van der Waals surface area contributed by atoms with Crippen molar-refractivity contribution in [2.24, 2.45) is 0 Å². The van der Waals surface area contributed by atoms with E-state index in [4.69, 9.17) is 0 Å². The molecular weight excluding hydrogens is 471 g/mol. The van der Waals surface area contributed by atoms with Crippen LogP contribution in [0.15, 0.2) is 78.9 Å². The summed E-state index contributed by atoms with van der Waals surface area (Å²) in [7, 11) is 0. The summed E-state index contributed by atoms with van der Waals surface area (Å²) in [6.07, 6.45) is 1.20. The van der Waals surface area contributed by atoms with Gasteiger partial charge in [-0.25, -0.2) is 4.39 Å². The number of aryl methyl sites for hydroxylation is 1. The lowest BCUT2D eigenvalue weighted by molar-refractivity contribution is -0.139. The summed E-state index contributed by atoms with van der Waals surface area (Å²) in [5.74, 6) is 0.333. The first-order chi connectivity index (χ1) is 17.4. The van der Waals surface area contributed by atoms with Crippen molar-refractivity contribution in [3.05, 3.63) is 107 Å². The largest absolute Gasteiger partial charge is 0.352 e. The highest BCUT2D eigenvalue weighted by molar-refractivity contribution is 7.99. The fourth-order valence-electron chi connectivity index (χ4n) is 3.80. The lowest BCUT2D eigenvalue weighted by atomic mass is 10.0. The number of nitrogens with zero attached hydrogens (tertiary/aromatic N) is 1. The second kappa shape index (κ2) is 13.8. The van der Waals surface area contributed by atoms with Crippen molar-refractivity contribution in [3.8, 4) is 0 Å². The molecule has 0 saturated heterocycles. The molecule has 0 aliphatic carbocycles. The number of hydrogen-bond acceptors (Lipinski definition) is 3. The number of hydrogen-bond donors (Lipinski definition) is 1. The number of halogens is 1. The van der Waals surface area contributed by atoms with Gasteiger partial charge in [0.1, 0.15) is 11.9 Å². The fraction of sp³-hybridized carbons (Fsp3) is 0.333. The topological polar surface area (TPSA) is 49.4 Å². The summed E-state index contributed by atoms with van der Waals surface area (Å²) in [6, 6.07) is 23.4. The molecule has 6 heteroatoms. The number of thioether (sulfide) groups is 1. The first-order valence-electron chi connectivity index (χ1n) is 12.4. The molecule has 0 unspecified atom stereocenters. The van der Waals surface area contributed by atoms with E-state index in [0.29, 0.717) is 12.2 Å². The summed E-state index contributed by atoms with van der Waals surface area (Å²) in [5, 5.41) is 3.07. The fourth-order valence-corrected chi connectivity index (χ4v) is 4.68. The first-order valence-corrected chi connectivity index (χ1v) is 13.5.